The highest BCUT2D eigenvalue weighted by Gasteiger charge is 2.26. The lowest BCUT2D eigenvalue weighted by atomic mass is 10.1. The standard InChI is InChI=1S/C17H22N4/c1-3-9-18-15-11-14(13-7-8-13)20-17(21-15)16-12(4-2)6-5-10-19-16/h5-6,10-11,13H,3-4,7-9H2,1-2H3,(H,18,20,21). The Morgan fingerprint density at radius 2 is 2.10 bits per heavy atom. The van der Waals surface area contributed by atoms with E-state index >= 15 is 0 Å². The van der Waals surface area contributed by atoms with E-state index in [0.29, 0.717) is 5.92 Å². The van der Waals surface area contributed by atoms with Crippen molar-refractivity contribution in [2.75, 3.05) is 11.9 Å². The zero-order chi connectivity index (χ0) is 14.7. The van der Waals surface area contributed by atoms with E-state index in [4.69, 9.17) is 4.98 Å². The summed E-state index contributed by atoms with van der Waals surface area (Å²) in [5, 5.41) is 3.39. The molecule has 21 heavy (non-hydrogen) atoms. The van der Waals surface area contributed by atoms with Crippen LogP contribution in [0.3, 0.4) is 0 Å². The van der Waals surface area contributed by atoms with Gasteiger partial charge in [0.15, 0.2) is 5.82 Å². The molecule has 4 nitrogen and oxygen atoms in total. The first-order valence-corrected chi connectivity index (χ1v) is 7.89. The number of hydrogen-bond acceptors (Lipinski definition) is 4. The van der Waals surface area contributed by atoms with Gasteiger partial charge in [-0.25, -0.2) is 9.97 Å². The molecule has 1 aliphatic rings. The minimum absolute atomic E-state index is 0.614. The topological polar surface area (TPSA) is 50.7 Å². The zero-order valence-corrected chi connectivity index (χ0v) is 12.8. The van der Waals surface area contributed by atoms with Crippen molar-refractivity contribution < 1.29 is 0 Å². The van der Waals surface area contributed by atoms with Crippen molar-refractivity contribution in [3.8, 4) is 11.5 Å². The maximum Gasteiger partial charge on any atom is 0.180 e. The van der Waals surface area contributed by atoms with Gasteiger partial charge in [0.05, 0.1) is 0 Å². The van der Waals surface area contributed by atoms with Crippen LogP contribution in [0.5, 0.6) is 0 Å². The SMILES string of the molecule is CCCNc1cc(C2CC2)nc(-c2ncccc2CC)n1. The minimum atomic E-state index is 0.614. The van der Waals surface area contributed by atoms with Crippen molar-refractivity contribution in [3.63, 3.8) is 0 Å². The summed E-state index contributed by atoms with van der Waals surface area (Å²) >= 11 is 0. The van der Waals surface area contributed by atoms with Crippen LogP contribution < -0.4 is 5.32 Å². The Labute approximate surface area is 126 Å². The highest BCUT2D eigenvalue weighted by molar-refractivity contribution is 5.57. The number of aromatic nitrogens is 3. The molecule has 0 amide bonds. The number of pyridine rings is 1. The van der Waals surface area contributed by atoms with E-state index in [1.54, 1.807) is 0 Å². The van der Waals surface area contributed by atoms with Crippen molar-refractivity contribution in [2.24, 2.45) is 0 Å². The number of rotatable bonds is 6. The van der Waals surface area contributed by atoms with Gasteiger partial charge in [-0.3, -0.25) is 4.98 Å². The van der Waals surface area contributed by atoms with E-state index in [9.17, 15) is 0 Å². The van der Waals surface area contributed by atoms with Crippen LogP contribution in [-0.4, -0.2) is 21.5 Å². The average molecular weight is 282 g/mol. The molecule has 110 valence electrons. The van der Waals surface area contributed by atoms with Gasteiger partial charge in [0.1, 0.15) is 11.5 Å². The second-order valence-electron chi connectivity index (χ2n) is 5.57. The molecule has 0 unspecified atom stereocenters. The Morgan fingerprint density at radius 3 is 2.81 bits per heavy atom. The van der Waals surface area contributed by atoms with Crippen LogP contribution in [-0.2, 0) is 6.42 Å². The Bertz CT molecular complexity index is 620. The second-order valence-corrected chi connectivity index (χ2v) is 5.57. The minimum Gasteiger partial charge on any atom is -0.370 e. The Balaban J connectivity index is 2.01. The molecular weight excluding hydrogens is 260 g/mol. The molecule has 1 fully saturated rings. The zero-order valence-electron chi connectivity index (χ0n) is 12.8. The van der Waals surface area contributed by atoms with Crippen molar-refractivity contribution in [1.82, 2.24) is 15.0 Å². The maximum atomic E-state index is 4.77. The van der Waals surface area contributed by atoms with Gasteiger partial charge in [-0.2, -0.15) is 0 Å². The Kier molecular flexibility index (Phi) is 4.13. The van der Waals surface area contributed by atoms with E-state index in [-0.39, 0.29) is 0 Å². The van der Waals surface area contributed by atoms with Crippen molar-refractivity contribution in [1.29, 1.82) is 0 Å². The first-order valence-electron chi connectivity index (χ1n) is 7.89. The summed E-state index contributed by atoms with van der Waals surface area (Å²) < 4.78 is 0. The predicted octanol–water partition coefficient (Wildman–Crippen LogP) is 3.80. The van der Waals surface area contributed by atoms with E-state index < -0.39 is 0 Å². The Morgan fingerprint density at radius 1 is 1.24 bits per heavy atom. The molecule has 0 aliphatic heterocycles. The molecule has 0 aromatic carbocycles. The smallest absolute Gasteiger partial charge is 0.180 e. The number of nitrogens with zero attached hydrogens (tertiary/aromatic N) is 3. The second kappa shape index (κ2) is 6.20. The molecule has 2 aromatic rings. The predicted molar refractivity (Wildman–Crippen MR) is 85.4 cm³/mol. The van der Waals surface area contributed by atoms with Crippen LogP contribution in [0.1, 0.15) is 50.3 Å². The lowest BCUT2D eigenvalue weighted by Crippen LogP contribution is -2.06. The molecule has 4 heteroatoms. The van der Waals surface area contributed by atoms with Gasteiger partial charge < -0.3 is 5.32 Å². The third kappa shape index (κ3) is 3.20. The molecule has 2 aromatic heterocycles. The van der Waals surface area contributed by atoms with Crippen LogP contribution in [0.25, 0.3) is 11.5 Å². The summed E-state index contributed by atoms with van der Waals surface area (Å²) in [7, 11) is 0. The van der Waals surface area contributed by atoms with E-state index in [2.05, 4.69) is 41.3 Å². The van der Waals surface area contributed by atoms with Crippen molar-refractivity contribution in [3.05, 3.63) is 35.7 Å². The molecular formula is C17H22N4. The third-order valence-electron chi connectivity index (χ3n) is 3.78. The molecule has 0 radical (unpaired) electrons. The molecule has 1 saturated carbocycles. The monoisotopic (exact) mass is 282 g/mol. The van der Waals surface area contributed by atoms with Gasteiger partial charge in [0, 0.05) is 30.4 Å². The van der Waals surface area contributed by atoms with Gasteiger partial charge in [0.25, 0.3) is 0 Å². The largest absolute Gasteiger partial charge is 0.370 e. The fourth-order valence-electron chi connectivity index (χ4n) is 2.43. The summed E-state index contributed by atoms with van der Waals surface area (Å²) in [6.07, 6.45) is 6.33. The summed E-state index contributed by atoms with van der Waals surface area (Å²) in [6.45, 7) is 5.23. The molecule has 1 N–H and O–H groups in total. The highest BCUT2D eigenvalue weighted by atomic mass is 15.0. The lowest BCUT2D eigenvalue weighted by Gasteiger charge is -2.10. The first kappa shape index (κ1) is 14.0. The summed E-state index contributed by atoms with van der Waals surface area (Å²) in [5.41, 5.74) is 3.28. The molecule has 0 bridgehead atoms. The van der Waals surface area contributed by atoms with Gasteiger partial charge in [0.2, 0.25) is 0 Å². The molecule has 0 atom stereocenters. The number of aryl methyl sites for hydroxylation is 1. The van der Waals surface area contributed by atoms with E-state index in [1.165, 1.54) is 18.4 Å². The fraction of sp³-hybridized carbons (Fsp3) is 0.471. The highest BCUT2D eigenvalue weighted by Crippen LogP contribution is 2.40. The van der Waals surface area contributed by atoms with Crippen LogP contribution in [0, 0.1) is 0 Å². The summed E-state index contributed by atoms with van der Waals surface area (Å²) in [6, 6.07) is 6.18. The quantitative estimate of drug-likeness (QED) is 0.875. The molecule has 3 rings (SSSR count). The summed E-state index contributed by atoms with van der Waals surface area (Å²) in [4.78, 5) is 14.0. The summed E-state index contributed by atoms with van der Waals surface area (Å²) in [5.74, 6) is 2.30. The number of anilines is 1. The van der Waals surface area contributed by atoms with Gasteiger partial charge in [-0.05, 0) is 37.3 Å². The normalized spacial score (nSPS) is 14.2. The van der Waals surface area contributed by atoms with Crippen LogP contribution >= 0.6 is 0 Å². The maximum absolute atomic E-state index is 4.77. The van der Waals surface area contributed by atoms with Crippen LogP contribution in [0.4, 0.5) is 5.82 Å². The fourth-order valence-corrected chi connectivity index (χ4v) is 2.43. The Hall–Kier alpha value is -1.97. The molecule has 2 heterocycles. The van der Waals surface area contributed by atoms with E-state index in [1.807, 2.05) is 12.3 Å². The van der Waals surface area contributed by atoms with Crippen molar-refractivity contribution >= 4 is 5.82 Å². The first-order chi connectivity index (χ1) is 10.3. The third-order valence-corrected chi connectivity index (χ3v) is 3.78. The van der Waals surface area contributed by atoms with Gasteiger partial charge in [-0.1, -0.05) is 19.9 Å². The van der Waals surface area contributed by atoms with Crippen LogP contribution in [0.15, 0.2) is 24.4 Å². The molecule has 0 saturated heterocycles. The van der Waals surface area contributed by atoms with Crippen molar-refractivity contribution in [2.45, 2.75) is 45.4 Å². The average Bonchev–Trinajstić information content (AvgIpc) is 3.37. The molecule has 0 spiro atoms. The van der Waals surface area contributed by atoms with Crippen LogP contribution in [0.2, 0.25) is 0 Å². The van der Waals surface area contributed by atoms with E-state index in [0.717, 1.165) is 42.4 Å². The van der Waals surface area contributed by atoms with Gasteiger partial charge in [-0.15, -0.1) is 0 Å². The number of nitrogens with one attached hydrogen (secondary N) is 1. The van der Waals surface area contributed by atoms with Gasteiger partial charge >= 0.3 is 0 Å². The lowest BCUT2D eigenvalue weighted by molar-refractivity contribution is 0.942. The number of hydrogen-bond donors (Lipinski definition) is 1. The molecule has 1 aliphatic carbocycles.